The zero-order chi connectivity index (χ0) is 15.5. The Morgan fingerprint density at radius 3 is 2.62 bits per heavy atom. The van der Waals surface area contributed by atoms with Gasteiger partial charge in [0.2, 0.25) is 5.91 Å². The Kier molecular flexibility index (Phi) is 4.57. The van der Waals surface area contributed by atoms with Crippen LogP contribution in [0.15, 0.2) is 18.2 Å². The molecule has 0 spiro atoms. The molecule has 0 radical (unpaired) electrons. The van der Waals surface area contributed by atoms with Crippen LogP contribution >= 0.6 is 0 Å². The van der Waals surface area contributed by atoms with Crippen molar-refractivity contribution in [2.24, 2.45) is 11.1 Å². The minimum atomic E-state index is -0.724. The number of nitrogens with one attached hydrogen (secondary N) is 1. The average molecular weight is 294 g/mol. The van der Waals surface area contributed by atoms with E-state index < -0.39 is 17.1 Å². The first kappa shape index (κ1) is 15.4. The Morgan fingerprint density at radius 2 is 2.05 bits per heavy atom. The van der Waals surface area contributed by atoms with Gasteiger partial charge in [0, 0.05) is 25.4 Å². The van der Waals surface area contributed by atoms with E-state index in [1.54, 1.807) is 6.07 Å². The first-order valence-electron chi connectivity index (χ1n) is 6.87. The molecule has 2 rings (SSSR count). The molecular weight excluding hydrogens is 275 g/mol. The van der Waals surface area contributed by atoms with E-state index in [2.05, 4.69) is 5.32 Å². The van der Waals surface area contributed by atoms with Gasteiger partial charge in [0.25, 0.3) is 0 Å². The molecule has 1 aromatic rings. The molecule has 0 aromatic heterocycles. The summed E-state index contributed by atoms with van der Waals surface area (Å²) < 4.78 is 19.0. The highest BCUT2D eigenvalue weighted by Crippen LogP contribution is 2.31. The number of carbonyl (C=O) groups excluding carboxylic acids is 2. The molecule has 1 aliphatic heterocycles. The summed E-state index contributed by atoms with van der Waals surface area (Å²) in [6.07, 6.45) is 1.03. The molecule has 0 aliphatic carbocycles. The smallest absolute Gasteiger partial charge is 0.225 e. The first-order valence-corrected chi connectivity index (χ1v) is 6.87. The first-order chi connectivity index (χ1) is 9.96. The summed E-state index contributed by atoms with van der Waals surface area (Å²) in [4.78, 5) is 23.3. The van der Waals surface area contributed by atoms with Crippen molar-refractivity contribution < 1.29 is 18.7 Å². The molecule has 21 heavy (non-hydrogen) atoms. The largest absolute Gasteiger partial charge is 0.383 e. The van der Waals surface area contributed by atoms with Gasteiger partial charge in [-0.25, -0.2) is 4.39 Å². The van der Waals surface area contributed by atoms with Crippen LogP contribution in [0.25, 0.3) is 0 Å². The summed E-state index contributed by atoms with van der Waals surface area (Å²) in [5.74, 6) is -1.35. The van der Waals surface area contributed by atoms with Crippen LogP contribution in [0.1, 0.15) is 30.1 Å². The Balaban J connectivity index is 2.20. The van der Waals surface area contributed by atoms with Gasteiger partial charge in [-0.1, -0.05) is 6.07 Å². The number of benzene rings is 1. The minimum Gasteiger partial charge on any atom is -0.383 e. The molecular formula is C15H19FN2O3. The summed E-state index contributed by atoms with van der Waals surface area (Å²) in [6.45, 7) is 2.50. The summed E-state index contributed by atoms with van der Waals surface area (Å²) in [7, 11) is 0. The second-order valence-electron chi connectivity index (χ2n) is 5.33. The minimum absolute atomic E-state index is 0.00387. The van der Waals surface area contributed by atoms with Gasteiger partial charge >= 0.3 is 0 Å². The molecule has 5 nitrogen and oxygen atoms in total. The number of hydrogen-bond donors (Lipinski definition) is 2. The summed E-state index contributed by atoms with van der Waals surface area (Å²) in [5.41, 5.74) is 5.18. The second-order valence-corrected chi connectivity index (χ2v) is 5.33. The van der Waals surface area contributed by atoms with Crippen molar-refractivity contribution in [2.45, 2.75) is 19.8 Å². The van der Waals surface area contributed by atoms with Crippen LogP contribution in [0.5, 0.6) is 0 Å². The van der Waals surface area contributed by atoms with Crippen molar-refractivity contribution in [3.63, 3.8) is 0 Å². The monoisotopic (exact) mass is 294 g/mol. The van der Waals surface area contributed by atoms with Gasteiger partial charge in [0.05, 0.1) is 11.0 Å². The molecule has 114 valence electrons. The number of hydrogen-bond acceptors (Lipinski definition) is 4. The lowest BCUT2D eigenvalue weighted by Gasteiger charge is -2.34. The third-order valence-electron chi connectivity index (χ3n) is 3.96. The number of amides is 1. The van der Waals surface area contributed by atoms with E-state index in [9.17, 15) is 14.0 Å². The molecule has 3 N–H and O–H groups in total. The van der Waals surface area contributed by atoms with Crippen molar-refractivity contribution in [3.05, 3.63) is 29.6 Å². The summed E-state index contributed by atoms with van der Waals surface area (Å²) in [5, 5.41) is 3.01. The molecule has 1 amide bonds. The number of ether oxygens (including phenoxy) is 1. The van der Waals surface area contributed by atoms with Crippen molar-refractivity contribution in [1.29, 1.82) is 0 Å². The van der Waals surface area contributed by atoms with E-state index in [0.29, 0.717) is 31.7 Å². The van der Waals surface area contributed by atoms with Crippen LogP contribution in [-0.2, 0) is 9.53 Å². The second kappa shape index (κ2) is 6.22. The third-order valence-corrected chi connectivity index (χ3v) is 3.96. The zero-order valence-corrected chi connectivity index (χ0v) is 11.9. The highest BCUT2D eigenvalue weighted by molar-refractivity contribution is 5.99. The van der Waals surface area contributed by atoms with E-state index in [0.717, 1.165) is 0 Å². The number of primary amides is 1. The standard InChI is InChI=1S/C15H19FN2O3/c1-10(19)13-11(16)3-2-4-12(13)18-9-15(14(17)20)5-7-21-8-6-15/h2-4,18H,5-9H2,1H3,(H2,17,20). The highest BCUT2D eigenvalue weighted by Gasteiger charge is 2.38. The van der Waals surface area contributed by atoms with Crippen molar-refractivity contribution in [2.75, 3.05) is 25.1 Å². The van der Waals surface area contributed by atoms with Crippen LogP contribution in [0, 0.1) is 11.2 Å². The van der Waals surface area contributed by atoms with E-state index in [1.807, 2.05) is 0 Å². The molecule has 6 heteroatoms. The molecule has 0 unspecified atom stereocenters. The lowest BCUT2D eigenvalue weighted by Crippen LogP contribution is -2.46. The van der Waals surface area contributed by atoms with Crippen molar-refractivity contribution in [3.8, 4) is 0 Å². The number of halogens is 1. The van der Waals surface area contributed by atoms with Gasteiger partial charge in [-0.3, -0.25) is 9.59 Å². The van der Waals surface area contributed by atoms with Crippen LogP contribution in [-0.4, -0.2) is 31.4 Å². The quantitative estimate of drug-likeness (QED) is 0.810. The number of Topliss-reactive ketones (excluding diaryl/α,β-unsaturated/α-hetero) is 1. The fraction of sp³-hybridized carbons (Fsp3) is 0.467. The maximum atomic E-state index is 13.7. The molecule has 1 heterocycles. The number of rotatable bonds is 5. The number of nitrogens with two attached hydrogens (primary N) is 1. The number of carbonyl (C=O) groups is 2. The molecule has 1 saturated heterocycles. The SMILES string of the molecule is CC(=O)c1c(F)cccc1NCC1(C(N)=O)CCOCC1. The van der Waals surface area contributed by atoms with Crippen LogP contribution in [0.2, 0.25) is 0 Å². The fourth-order valence-electron chi connectivity index (χ4n) is 2.57. The maximum Gasteiger partial charge on any atom is 0.225 e. The Morgan fingerprint density at radius 1 is 1.38 bits per heavy atom. The van der Waals surface area contributed by atoms with Gasteiger partial charge < -0.3 is 15.8 Å². The number of ketones is 1. The predicted octanol–water partition coefficient (Wildman–Crippen LogP) is 1.72. The van der Waals surface area contributed by atoms with E-state index >= 15 is 0 Å². The van der Waals surface area contributed by atoms with Gasteiger partial charge in [-0.2, -0.15) is 0 Å². The fourth-order valence-corrected chi connectivity index (χ4v) is 2.57. The normalized spacial score (nSPS) is 17.2. The van der Waals surface area contributed by atoms with Crippen molar-refractivity contribution in [1.82, 2.24) is 0 Å². The van der Waals surface area contributed by atoms with Crippen molar-refractivity contribution >= 4 is 17.4 Å². The summed E-state index contributed by atoms with van der Waals surface area (Å²) >= 11 is 0. The topological polar surface area (TPSA) is 81.4 Å². The Hall–Kier alpha value is -1.95. The molecule has 1 aliphatic rings. The molecule has 0 bridgehead atoms. The number of anilines is 1. The van der Waals surface area contributed by atoms with E-state index in [-0.39, 0.29) is 17.9 Å². The molecule has 1 aromatic carbocycles. The Labute approximate surface area is 122 Å². The van der Waals surface area contributed by atoms with E-state index in [4.69, 9.17) is 10.5 Å². The maximum absolute atomic E-state index is 13.7. The van der Waals surface area contributed by atoms with Crippen LogP contribution in [0.4, 0.5) is 10.1 Å². The predicted molar refractivity (Wildman–Crippen MR) is 76.6 cm³/mol. The van der Waals surface area contributed by atoms with Gasteiger partial charge in [-0.05, 0) is 31.9 Å². The van der Waals surface area contributed by atoms with Gasteiger partial charge in [0.15, 0.2) is 5.78 Å². The van der Waals surface area contributed by atoms with Crippen LogP contribution < -0.4 is 11.1 Å². The molecule has 1 fully saturated rings. The molecule has 0 atom stereocenters. The van der Waals surface area contributed by atoms with Gasteiger partial charge in [-0.15, -0.1) is 0 Å². The average Bonchev–Trinajstić information content (AvgIpc) is 2.45. The summed E-state index contributed by atoms with van der Waals surface area (Å²) in [6, 6.07) is 4.37. The third kappa shape index (κ3) is 3.21. The van der Waals surface area contributed by atoms with E-state index in [1.165, 1.54) is 19.1 Å². The highest BCUT2D eigenvalue weighted by atomic mass is 19.1. The van der Waals surface area contributed by atoms with Gasteiger partial charge in [0.1, 0.15) is 5.82 Å². The Bertz CT molecular complexity index is 554. The van der Waals surface area contributed by atoms with Crippen LogP contribution in [0.3, 0.4) is 0 Å². The lowest BCUT2D eigenvalue weighted by molar-refractivity contribution is -0.132. The zero-order valence-electron chi connectivity index (χ0n) is 11.9. The lowest BCUT2D eigenvalue weighted by atomic mass is 9.79. The molecule has 0 saturated carbocycles.